The van der Waals surface area contributed by atoms with E-state index in [9.17, 15) is 0 Å². The van der Waals surface area contributed by atoms with Crippen molar-refractivity contribution < 1.29 is 0 Å². The Balaban J connectivity index is 1.93. The van der Waals surface area contributed by atoms with E-state index < -0.39 is 0 Å². The van der Waals surface area contributed by atoms with E-state index in [4.69, 9.17) is 16.9 Å². The van der Waals surface area contributed by atoms with Crippen LogP contribution in [0, 0.1) is 17.2 Å². The van der Waals surface area contributed by atoms with E-state index in [1.165, 1.54) is 25.7 Å². The molecular weight excluding hydrogens is 220 g/mol. The topological polar surface area (TPSA) is 35.8 Å². The monoisotopic (exact) mass is 234 g/mol. The lowest BCUT2D eigenvalue weighted by atomic mass is 9.83. The maximum Gasteiger partial charge on any atom is 0.103 e. The van der Waals surface area contributed by atoms with Crippen LogP contribution in [0.4, 0.5) is 5.69 Å². The van der Waals surface area contributed by atoms with Gasteiger partial charge in [0.05, 0.1) is 16.3 Å². The Morgan fingerprint density at radius 3 is 2.88 bits per heavy atom. The first-order chi connectivity index (χ1) is 7.81. The number of benzene rings is 1. The average molecular weight is 235 g/mol. The van der Waals surface area contributed by atoms with Crippen molar-refractivity contribution in [3.63, 3.8) is 0 Å². The second-order valence-corrected chi connectivity index (χ2v) is 4.69. The molecule has 1 aromatic rings. The molecule has 0 heterocycles. The Morgan fingerprint density at radius 2 is 2.25 bits per heavy atom. The molecule has 1 aliphatic carbocycles. The summed E-state index contributed by atoms with van der Waals surface area (Å²) in [6.45, 7) is 0.930. The van der Waals surface area contributed by atoms with Gasteiger partial charge in [0.1, 0.15) is 6.07 Å². The van der Waals surface area contributed by atoms with Gasteiger partial charge in [-0.05, 0) is 24.5 Å². The zero-order chi connectivity index (χ0) is 11.4. The first-order valence-corrected chi connectivity index (χ1v) is 6.11. The lowest BCUT2D eigenvalue weighted by Crippen LogP contribution is -2.15. The van der Waals surface area contributed by atoms with E-state index in [2.05, 4.69) is 11.4 Å². The molecule has 2 rings (SSSR count). The molecule has 1 aromatic carbocycles. The maximum absolute atomic E-state index is 8.99. The predicted molar refractivity (Wildman–Crippen MR) is 66.6 cm³/mol. The molecule has 1 saturated carbocycles. The van der Waals surface area contributed by atoms with Crippen LogP contribution in [0.2, 0.25) is 5.02 Å². The van der Waals surface area contributed by atoms with Gasteiger partial charge in [-0.1, -0.05) is 36.9 Å². The van der Waals surface area contributed by atoms with E-state index in [0.29, 0.717) is 10.6 Å². The molecule has 0 spiro atoms. The van der Waals surface area contributed by atoms with Gasteiger partial charge < -0.3 is 5.32 Å². The summed E-state index contributed by atoms with van der Waals surface area (Å²) in [5, 5.41) is 12.8. The van der Waals surface area contributed by atoms with Gasteiger partial charge in [-0.3, -0.25) is 0 Å². The highest BCUT2D eigenvalue weighted by atomic mass is 35.5. The fourth-order valence-electron chi connectivity index (χ4n) is 1.98. The van der Waals surface area contributed by atoms with E-state index >= 15 is 0 Å². The predicted octanol–water partition coefficient (Wildman–Crippen LogP) is 3.81. The molecule has 0 unspecified atom stereocenters. The largest absolute Gasteiger partial charge is 0.384 e. The number of anilines is 1. The summed E-state index contributed by atoms with van der Waals surface area (Å²) in [4.78, 5) is 0. The van der Waals surface area contributed by atoms with Crippen LogP contribution >= 0.6 is 11.6 Å². The van der Waals surface area contributed by atoms with E-state index in [1.54, 1.807) is 6.07 Å². The molecule has 0 amide bonds. The number of hydrogen-bond acceptors (Lipinski definition) is 2. The minimum Gasteiger partial charge on any atom is -0.384 e. The molecule has 1 N–H and O–H groups in total. The molecule has 2 nitrogen and oxygen atoms in total. The van der Waals surface area contributed by atoms with Gasteiger partial charge in [0.2, 0.25) is 0 Å². The van der Waals surface area contributed by atoms with Gasteiger partial charge in [-0.15, -0.1) is 0 Å². The standard InChI is InChI=1S/C13H15ClN2/c14-12-5-2-6-13(11(12)9-15)16-8-7-10-3-1-4-10/h2,5-6,10,16H,1,3-4,7-8H2. The van der Waals surface area contributed by atoms with Crippen LogP contribution in [0.25, 0.3) is 0 Å². The third-order valence-corrected chi connectivity index (χ3v) is 3.53. The number of nitrogens with zero attached hydrogens (tertiary/aromatic N) is 1. The van der Waals surface area contributed by atoms with Crippen LogP contribution in [0.5, 0.6) is 0 Å². The maximum atomic E-state index is 8.99. The molecule has 0 aromatic heterocycles. The molecular formula is C13H15ClN2. The van der Waals surface area contributed by atoms with E-state index in [1.807, 2.05) is 12.1 Å². The Bertz CT molecular complexity index is 405. The van der Waals surface area contributed by atoms with Gasteiger partial charge in [0, 0.05) is 6.54 Å². The number of nitrogens with one attached hydrogen (secondary N) is 1. The summed E-state index contributed by atoms with van der Waals surface area (Å²) in [5.41, 5.74) is 1.41. The highest BCUT2D eigenvalue weighted by Gasteiger charge is 2.16. The third-order valence-electron chi connectivity index (χ3n) is 3.22. The lowest BCUT2D eigenvalue weighted by Gasteiger charge is -2.25. The van der Waals surface area contributed by atoms with Crippen molar-refractivity contribution in [1.82, 2.24) is 0 Å². The summed E-state index contributed by atoms with van der Waals surface area (Å²) in [7, 11) is 0. The SMILES string of the molecule is N#Cc1c(Cl)cccc1NCCC1CCC1. The first-order valence-electron chi connectivity index (χ1n) is 5.73. The van der Waals surface area contributed by atoms with Crippen LogP contribution in [-0.4, -0.2) is 6.54 Å². The van der Waals surface area contributed by atoms with Crippen molar-refractivity contribution in [2.75, 3.05) is 11.9 Å². The zero-order valence-corrected chi connectivity index (χ0v) is 9.93. The highest BCUT2D eigenvalue weighted by Crippen LogP contribution is 2.29. The smallest absolute Gasteiger partial charge is 0.103 e. The van der Waals surface area contributed by atoms with Crippen molar-refractivity contribution in [3.8, 4) is 6.07 Å². The number of halogens is 1. The molecule has 0 bridgehead atoms. The Labute approximate surface area is 101 Å². The molecule has 0 radical (unpaired) electrons. The minimum absolute atomic E-state index is 0.524. The molecule has 0 aliphatic heterocycles. The average Bonchev–Trinajstić information content (AvgIpc) is 2.22. The van der Waals surface area contributed by atoms with Gasteiger partial charge in [0.15, 0.2) is 0 Å². The quantitative estimate of drug-likeness (QED) is 0.860. The van der Waals surface area contributed by atoms with Crippen molar-refractivity contribution in [2.45, 2.75) is 25.7 Å². The van der Waals surface area contributed by atoms with Gasteiger partial charge in [-0.2, -0.15) is 5.26 Å². The second-order valence-electron chi connectivity index (χ2n) is 4.29. The summed E-state index contributed by atoms with van der Waals surface area (Å²) >= 11 is 5.95. The summed E-state index contributed by atoms with van der Waals surface area (Å²) in [5.74, 6) is 0.886. The summed E-state index contributed by atoms with van der Waals surface area (Å²) in [6.07, 6.45) is 5.30. The van der Waals surface area contributed by atoms with Gasteiger partial charge >= 0.3 is 0 Å². The van der Waals surface area contributed by atoms with Crippen molar-refractivity contribution in [1.29, 1.82) is 5.26 Å². The Kier molecular flexibility index (Phi) is 3.69. The van der Waals surface area contributed by atoms with Crippen LogP contribution < -0.4 is 5.32 Å². The minimum atomic E-state index is 0.524. The molecule has 3 heteroatoms. The Hall–Kier alpha value is -1.20. The second kappa shape index (κ2) is 5.23. The first kappa shape index (κ1) is 11.3. The molecule has 1 aliphatic rings. The highest BCUT2D eigenvalue weighted by molar-refractivity contribution is 6.32. The fraction of sp³-hybridized carbons (Fsp3) is 0.462. The van der Waals surface area contributed by atoms with Gasteiger partial charge in [0.25, 0.3) is 0 Å². The summed E-state index contributed by atoms with van der Waals surface area (Å²) < 4.78 is 0. The van der Waals surface area contributed by atoms with Crippen LogP contribution in [0.15, 0.2) is 18.2 Å². The van der Waals surface area contributed by atoms with E-state index in [0.717, 1.165) is 18.2 Å². The van der Waals surface area contributed by atoms with Crippen molar-refractivity contribution in [2.24, 2.45) is 5.92 Å². The molecule has 16 heavy (non-hydrogen) atoms. The summed E-state index contributed by atoms with van der Waals surface area (Å²) in [6, 6.07) is 7.66. The molecule has 1 fully saturated rings. The number of hydrogen-bond donors (Lipinski definition) is 1. The third kappa shape index (κ3) is 2.48. The van der Waals surface area contributed by atoms with Crippen LogP contribution in [-0.2, 0) is 0 Å². The van der Waals surface area contributed by atoms with Gasteiger partial charge in [-0.25, -0.2) is 0 Å². The van der Waals surface area contributed by atoms with Crippen molar-refractivity contribution >= 4 is 17.3 Å². The van der Waals surface area contributed by atoms with E-state index in [-0.39, 0.29) is 0 Å². The normalized spacial score (nSPS) is 15.2. The molecule has 0 atom stereocenters. The number of nitriles is 1. The van der Waals surface area contributed by atoms with Crippen LogP contribution in [0.1, 0.15) is 31.2 Å². The molecule has 0 saturated heterocycles. The Morgan fingerprint density at radius 1 is 1.44 bits per heavy atom. The lowest BCUT2D eigenvalue weighted by molar-refractivity contribution is 0.303. The zero-order valence-electron chi connectivity index (χ0n) is 9.17. The fourth-order valence-corrected chi connectivity index (χ4v) is 2.19. The van der Waals surface area contributed by atoms with Crippen LogP contribution in [0.3, 0.4) is 0 Å². The molecule has 84 valence electrons. The number of rotatable bonds is 4. The van der Waals surface area contributed by atoms with Crippen molar-refractivity contribution in [3.05, 3.63) is 28.8 Å².